The predicted molar refractivity (Wildman–Crippen MR) is 79.9 cm³/mol. The van der Waals surface area contributed by atoms with Gasteiger partial charge in [-0.25, -0.2) is 18.1 Å². The Hall–Kier alpha value is -0.760. The summed E-state index contributed by atoms with van der Waals surface area (Å²) in [6.07, 6.45) is 0. The minimum absolute atomic E-state index is 0.215. The van der Waals surface area contributed by atoms with Crippen LogP contribution in [0.3, 0.4) is 0 Å². The van der Waals surface area contributed by atoms with Gasteiger partial charge in [-0.3, -0.25) is 0 Å². The van der Waals surface area contributed by atoms with Crippen LogP contribution in [0.4, 0.5) is 0 Å². The van der Waals surface area contributed by atoms with Crippen LogP contribution < -0.4 is 4.72 Å². The molecule has 1 aromatic heterocycles. The molecule has 0 saturated carbocycles. The van der Waals surface area contributed by atoms with E-state index in [1.807, 2.05) is 12.3 Å². The van der Waals surface area contributed by atoms with Gasteiger partial charge in [0.1, 0.15) is 0 Å². The molecule has 0 fully saturated rings. The molecule has 0 spiro atoms. The molecule has 0 aliphatic heterocycles. The van der Waals surface area contributed by atoms with Crippen LogP contribution >= 0.6 is 27.3 Å². The summed E-state index contributed by atoms with van der Waals surface area (Å²) >= 11 is 4.83. The Morgan fingerprint density at radius 2 is 2.00 bits per heavy atom. The second kappa shape index (κ2) is 6.13. The maximum atomic E-state index is 12.1. The summed E-state index contributed by atoms with van der Waals surface area (Å²) in [5.74, 6) is 0. The zero-order chi connectivity index (χ0) is 13.9. The summed E-state index contributed by atoms with van der Waals surface area (Å²) in [6.45, 7) is 2.11. The minimum Gasteiger partial charge on any atom is -0.245 e. The minimum atomic E-state index is -3.47. The van der Waals surface area contributed by atoms with Crippen molar-refractivity contribution >= 4 is 37.3 Å². The molecule has 0 aliphatic rings. The Bertz CT molecular complexity index is 651. The fourth-order valence-corrected chi connectivity index (χ4v) is 3.48. The first-order valence-corrected chi connectivity index (χ1v) is 9.05. The number of benzene rings is 1. The van der Waals surface area contributed by atoms with Crippen molar-refractivity contribution in [3.05, 3.63) is 45.9 Å². The van der Waals surface area contributed by atoms with Gasteiger partial charge in [0, 0.05) is 10.7 Å². The number of rotatable bonds is 5. The number of alkyl halides is 1. The Labute approximate surface area is 125 Å². The molecule has 7 heteroatoms. The average Bonchev–Trinajstić information content (AvgIpc) is 2.82. The molecular weight excluding hydrogens is 348 g/mol. The van der Waals surface area contributed by atoms with Crippen molar-refractivity contribution in [3.63, 3.8) is 0 Å². The maximum Gasteiger partial charge on any atom is 0.240 e. The van der Waals surface area contributed by atoms with Gasteiger partial charge in [0.2, 0.25) is 10.0 Å². The topological polar surface area (TPSA) is 59.1 Å². The van der Waals surface area contributed by atoms with Gasteiger partial charge in [0.05, 0.1) is 22.1 Å². The molecule has 0 bridgehead atoms. The summed E-state index contributed by atoms with van der Waals surface area (Å²) in [6, 6.07) is 6.78. The van der Waals surface area contributed by atoms with Crippen LogP contribution in [0.15, 0.2) is 34.5 Å². The molecule has 1 heterocycles. The number of hydrogen-bond donors (Lipinski definition) is 1. The number of thiazole rings is 1. The molecule has 2 rings (SSSR count). The number of aryl methyl sites for hydroxylation is 1. The maximum absolute atomic E-state index is 12.1. The molecule has 2 aromatic rings. The number of sulfonamides is 1. The summed E-state index contributed by atoms with van der Waals surface area (Å²) in [5.41, 5.74) is 1.78. The summed E-state index contributed by atoms with van der Waals surface area (Å²) < 4.78 is 26.7. The van der Waals surface area contributed by atoms with E-state index < -0.39 is 10.0 Å². The van der Waals surface area contributed by atoms with Crippen molar-refractivity contribution in [2.75, 3.05) is 0 Å². The lowest BCUT2D eigenvalue weighted by atomic mass is 10.2. The van der Waals surface area contributed by atoms with Crippen molar-refractivity contribution in [1.82, 2.24) is 9.71 Å². The summed E-state index contributed by atoms with van der Waals surface area (Å²) in [4.78, 5) is 4.49. The Balaban J connectivity index is 2.09. The Morgan fingerprint density at radius 1 is 1.32 bits per heavy atom. The summed E-state index contributed by atoms with van der Waals surface area (Å²) in [7, 11) is -3.47. The SMILES string of the molecule is Cc1nc(CNS(=O)(=O)c2ccc(CBr)cc2)cs1. The van der Waals surface area contributed by atoms with Crippen molar-refractivity contribution in [3.8, 4) is 0 Å². The van der Waals surface area contributed by atoms with E-state index in [-0.39, 0.29) is 11.4 Å². The van der Waals surface area contributed by atoms with Crippen LogP contribution in [0.2, 0.25) is 0 Å². The van der Waals surface area contributed by atoms with Gasteiger partial charge in [-0.15, -0.1) is 11.3 Å². The van der Waals surface area contributed by atoms with E-state index in [1.54, 1.807) is 24.3 Å². The first kappa shape index (κ1) is 14.6. The first-order valence-electron chi connectivity index (χ1n) is 5.57. The second-order valence-corrected chi connectivity index (χ2v) is 7.35. The normalized spacial score (nSPS) is 11.7. The van der Waals surface area contributed by atoms with Gasteiger partial charge in [-0.05, 0) is 24.6 Å². The van der Waals surface area contributed by atoms with Crippen LogP contribution in [-0.2, 0) is 21.9 Å². The van der Waals surface area contributed by atoms with Gasteiger partial charge in [0.25, 0.3) is 0 Å². The van der Waals surface area contributed by atoms with E-state index in [0.29, 0.717) is 5.33 Å². The zero-order valence-corrected chi connectivity index (χ0v) is 13.5. The van der Waals surface area contributed by atoms with Crippen molar-refractivity contribution in [1.29, 1.82) is 0 Å². The fraction of sp³-hybridized carbons (Fsp3) is 0.250. The van der Waals surface area contributed by atoms with Crippen molar-refractivity contribution in [2.45, 2.75) is 23.7 Å². The van der Waals surface area contributed by atoms with Gasteiger partial charge in [0.15, 0.2) is 0 Å². The van der Waals surface area contributed by atoms with Gasteiger partial charge in [-0.2, -0.15) is 0 Å². The van der Waals surface area contributed by atoms with Crippen LogP contribution in [0.5, 0.6) is 0 Å². The predicted octanol–water partition coefficient (Wildman–Crippen LogP) is 2.82. The molecular formula is C12H13BrN2O2S2. The quantitative estimate of drug-likeness (QED) is 0.834. The molecule has 19 heavy (non-hydrogen) atoms. The molecule has 0 saturated heterocycles. The largest absolute Gasteiger partial charge is 0.245 e. The molecule has 0 aliphatic carbocycles. The molecule has 0 unspecified atom stereocenters. The van der Waals surface area contributed by atoms with Crippen LogP contribution in [0.25, 0.3) is 0 Å². The number of hydrogen-bond acceptors (Lipinski definition) is 4. The number of nitrogens with one attached hydrogen (secondary N) is 1. The standard InChI is InChI=1S/C12H13BrN2O2S2/c1-9-15-11(8-18-9)7-14-19(16,17)12-4-2-10(6-13)3-5-12/h2-5,8,14H,6-7H2,1H3. The Morgan fingerprint density at radius 3 is 2.53 bits per heavy atom. The lowest BCUT2D eigenvalue weighted by molar-refractivity contribution is 0.580. The monoisotopic (exact) mass is 360 g/mol. The second-order valence-electron chi connectivity index (χ2n) is 3.96. The van der Waals surface area contributed by atoms with E-state index in [1.165, 1.54) is 11.3 Å². The highest BCUT2D eigenvalue weighted by Crippen LogP contribution is 2.13. The first-order chi connectivity index (χ1) is 9.01. The highest BCUT2D eigenvalue weighted by atomic mass is 79.9. The molecule has 0 radical (unpaired) electrons. The number of aromatic nitrogens is 1. The third kappa shape index (κ3) is 3.85. The molecule has 102 valence electrons. The lowest BCUT2D eigenvalue weighted by Crippen LogP contribution is -2.23. The van der Waals surface area contributed by atoms with Gasteiger partial charge < -0.3 is 0 Å². The van der Waals surface area contributed by atoms with Crippen molar-refractivity contribution < 1.29 is 8.42 Å². The van der Waals surface area contributed by atoms with Crippen LogP contribution in [0, 0.1) is 6.92 Å². The smallest absolute Gasteiger partial charge is 0.240 e. The molecule has 0 amide bonds. The van der Waals surface area contributed by atoms with Crippen LogP contribution in [0.1, 0.15) is 16.3 Å². The zero-order valence-electron chi connectivity index (χ0n) is 10.3. The number of halogens is 1. The van der Waals surface area contributed by atoms with E-state index in [2.05, 4.69) is 25.6 Å². The molecule has 1 N–H and O–H groups in total. The molecule has 4 nitrogen and oxygen atoms in total. The molecule has 1 aromatic carbocycles. The van der Waals surface area contributed by atoms with E-state index >= 15 is 0 Å². The third-order valence-electron chi connectivity index (χ3n) is 2.50. The summed E-state index contributed by atoms with van der Waals surface area (Å²) in [5, 5.41) is 3.49. The molecule has 0 atom stereocenters. The van der Waals surface area contributed by atoms with E-state index in [0.717, 1.165) is 16.3 Å². The number of nitrogens with zero attached hydrogens (tertiary/aromatic N) is 1. The van der Waals surface area contributed by atoms with Gasteiger partial charge >= 0.3 is 0 Å². The third-order valence-corrected chi connectivity index (χ3v) is 5.38. The van der Waals surface area contributed by atoms with Gasteiger partial charge in [-0.1, -0.05) is 28.1 Å². The van der Waals surface area contributed by atoms with E-state index in [9.17, 15) is 8.42 Å². The van der Waals surface area contributed by atoms with Crippen LogP contribution in [-0.4, -0.2) is 13.4 Å². The van der Waals surface area contributed by atoms with Crippen molar-refractivity contribution in [2.24, 2.45) is 0 Å². The highest BCUT2D eigenvalue weighted by Gasteiger charge is 2.14. The fourth-order valence-electron chi connectivity index (χ4n) is 1.50. The average molecular weight is 361 g/mol. The Kier molecular flexibility index (Phi) is 4.72. The van der Waals surface area contributed by atoms with E-state index in [4.69, 9.17) is 0 Å². The highest BCUT2D eigenvalue weighted by molar-refractivity contribution is 9.08. The lowest BCUT2D eigenvalue weighted by Gasteiger charge is -2.06.